The van der Waals surface area contributed by atoms with Gasteiger partial charge in [0, 0.05) is 12.6 Å². The van der Waals surface area contributed by atoms with Crippen molar-refractivity contribution in [2.45, 2.75) is 0 Å². The molecule has 0 bridgehead atoms. The molecule has 0 unspecified atom stereocenters. The molecule has 0 aliphatic heterocycles. The number of nitrogens with one attached hydrogen (secondary N) is 1. The Kier molecular flexibility index (Phi) is 3.84. The molecule has 2 heterocycles. The summed E-state index contributed by atoms with van der Waals surface area (Å²) in [4.78, 5) is 12.2. The molecule has 8 heteroatoms. The monoisotopic (exact) mass is 315 g/mol. The van der Waals surface area contributed by atoms with Gasteiger partial charge in [-0.2, -0.15) is 5.10 Å². The van der Waals surface area contributed by atoms with Gasteiger partial charge in [-0.3, -0.25) is 14.8 Å². The molecule has 0 saturated carbocycles. The van der Waals surface area contributed by atoms with Crippen molar-refractivity contribution >= 4 is 22.4 Å². The van der Waals surface area contributed by atoms with Gasteiger partial charge in [-0.1, -0.05) is 11.3 Å². The lowest BCUT2D eigenvalue weighted by atomic mass is 10.1. The van der Waals surface area contributed by atoms with Crippen LogP contribution in [-0.2, 0) is 7.05 Å². The third-order valence-electron chi connectivity index (χ3n) is 3.08. The van der Waals surface area contributed by atoms with Crippen LogP contribution in [0.3, 0.4) is 0 Å². The normalized spacial score (nSPS) is 10.5. The largest absolute Gasteiger partial charge is 0.497 e. The molecule has 1 amide bonds. The van der Waals surface area contributed by atoms with Gasteiger partial charge in [0.25, 0.3) is 5.91 Å². The summed E-state index contributed by atoms with van der Waals surface area (Å²) in [7, 11) is 3.34. The van der Waals surface area contributed by atoms with E-state index >= 15 is 0 Å². The summed E-state index contributed by atoms with van der Waals surface area (Å²) in [5.74, 6) is 0.500. The number of hydrogen-bond donors (Lipinski definition) is 1. The van der Waals surface area contributed by atoms with E-state index in [1.807, 2.05) is 24.3 Å². The Bertz CT molecular complexity index is 780. The Hall–Kier alpha value is -2.74. The van der Waals surface area contributed by atoms with E-state index in [1.54, 1.807) is 25.7 Å². The first kappa shape index (κ1) is 14.2. The average molecular weight is 315 g/mol. The Balaban J connectivity index is 1.84. The standard InChI is InChI=1S/C14H13N5O2S/c1-19-12(13(20)16-14-17-15-8-22-14)7-11(18-19)9-3-5-10(21-2)6-4-9/h3-8H,1-2H3,(H,16,17,20). The van der Waals surface area contributed by atoms with Gasteiger partial charge in [-0.05, 0) is 30.3 Å². The van der Waals surface area contributed by atoms with Crippen molar-refractivity contribution < 1.29 is 9.53 Å². The third kappa shape index (κ3) is 2.82. The van der Waals surface area contributed by atoms with Crippen LogP contribution in [0.25, 0.3) is 11.3 Å². The van der Waals surface area contributed by atoms with Crippen LogP contribution in [0.1, 0.15) is 10.5 Å². The smallest absolute Gasteiger partial charge is 0.275 e. The molecular formula is C14H13N5O2S. The van der Waals surface area contributed by atoms with E-state index < -0.39 is 0 Å². The number of amides is 1. The molecule has 3 aromatic rings. The zero-order chi connectivity index (χ0) is 15.5. The summed E-state index contributed by atoms with van der Waals surface area (Å²) in [5, 5.41) is 15.0. The van der Waals surface area contributed by atoms with Crippen LogP contribution in [0.4, 0.5) is 5.13 Å². The summed E-state index contributed by atoms with van der Waals surface area (Å²) in [6.45, 7) is 0. The number of carbonyl (C=O) groups is 1. The maximum atomic E-state index is 12.2. The Morgan fingerprint density at radius 2 is 2.09 bits per heavy atom. The van der Waals surface area contributed by atoms with E-state index in [-0.39, 0.29) is 5.91 Å². The van der Waals surface area contributed by atoms with E-state index in [1.165, 1.54) is 16.0 Å². The average Bonchev–Trinajstić information content (AvgIpc) is 3.17. The first-order valence-electron chi connectivity index (χ1n) is 6.43. The first-order chi connectivity index (χ1) is 10.7. The van der Waals surface area contributed by atoms with Gasteiger partial charge in [0.05, 0.1) is 12.8 Å². The van der Waals surface area contributed by atoms with Crippen molar-refractivity contribution in [2.75, 3.05) is 12.4 Å². The fourth-order valence-corrected chi connectivity index (χ4v) is 2.41. The van der Waals surface area contributed by atoms with E-state index in [9.17, 15) is 4.79 Å². The zero-order valence-corrected chi connectivity index (χ0v) is 12.8. The SMILES string of the molecule is COc1ccc(-c2cc(C(=O)Nc3nncs3)n(C)n2)cc1. The number of aryl methyl sites for hydroxylation is 1. The number of rotatable bonds is 4. The fourth-order valence-electron chi connectivity index (χ4n) is 1.97. The molecule has 0 spiro atoms. The lowest BCUT2D eigenvalue weighted by molar-refractivity contribution is 0.101. The van der Waals surface area contributed by atoms with Gasteiger partial charge in [0.2, 0.25) is 5.13 Å². The second-order valence-corrected chi connectivity index (χ2v) is 5.30. The minimum absolute atomic E-state index is 0.272. The number of methoxy groups -OCH3 is 1. The van der Waals surface area contributed by atoms with Gasteiger partial charge in [-0.15, -0.1) is 10.2 Å². The maximum absolute atomic E-state index is 12.2. The predicted octanol–water partition coefficient (Wildman–Crippen LogP) is 2.20. The van der Waals surface area contributed by atoms with Crippen LogP contribution in [0.15, 0.2) is 35.8 Å². The summed E-state index contributed by atoms with van der Waals surface area (Å²) < 4.78 is 6.67. The van der Waals surface area contributed by atoms with Crippen molar-refractivity contribution in [3.63, 3.8) is 0 Å². The number of benzene rings is 1. The van der Waals surface area contributed by atoms with Crippen molar-refractivity contribution in [1.82, 2.24) is 20.0 Å². The van der Waals surface area contributed by atoms with Gasteiger partial charge >= 0.3 is 0 Å². The summed E-state index contributed by atoms with van der Waals surface area (Å²) in [5.41, 5.74) is 3.63. The summed E-state index contributed by atoms with van der Waals surface area (Å²) in [6.07, 6.45) is 0. The predicted molar refractivity (Wildman–Crippen MR) is 83.1 cm³/mol. The number of aromatic nitrogens is 4. The molecule has 7 nitrogen and oxygen atoms in total. The van der Waals surface area contributed by atoms with Crippen LogP contribution >= 0.6 is 11.3 Å². The maximum Gasteiger partial charge on any atom is 0.275 e. The molecule has 0 fully saturated rings. The molecule has 0 atom stereocenters. The van der Waals surface area contributed by atoms with Crippen LogP contribution in [0.5, 0.6) is 5.75 Å². The minimum atomic E-state index is -0.272. The van der Waals surface area contributed by atoms with Crippen LogP contribution in [0.2, 0.25) is 0 Å². The second-order valence-electron chi connectivity index (χ2n) is 4.46. The number of nitrogens with zero attached hydrogens (tertiary/aromatic N) is 4. The molecule has 22 heavy (non-hydrogen) atoms. The molecule has 0 aliphatic rings. The highest BCUT2D eigenvalue weighted by atomic mass is 32.1. The lowest BCUT2D eigenvalue weighted by Gasteiger charge is -2.00. The van der Waals surface area contributed by atoms with E-state index in [4.69, 9.17) is 4.74 Å². The topological polar surface area (TPSA) is 81.9 Å². The number of hydrogen-bond acceptors (Lipinski definition) is 6. The highest BCUT2D eigenvalue weighted by Crippen LogP contribution is 2.22. The molecule has 2 aromatic heterocycles. The van der Waals surface area contributed by atoms with Crippen LogP contribution in [-0.4, -0.2) is 33.0 Å². The summed E-state index contributed by atoms with van der Waals surface area (Å²) >= 11 is 1.26. The second kappa shape index (κ2) is 5.94. The van der Waals surface area contributed by atoms with Crippen molar-refractivity contribution in [3.05, 3.63) is 41.5 Å². The van der Waals surface area contributed by atoms with Crippen molar-refractivity contribution in [3.8, 4) is 17.0 Å². The highest BCUT2D eigenvalue weighted by Gasteiger charge is 2.15. The highest BCUT2D eigenvalue weighted by molar-refractivity contribution is 7.13. The van der Waals surface area contributed by atoms with Crippen LogP contribution in [0, 0.1) is 0 Å². The quantitative estimate of drug-likeness (QED) is 0.798. The fraction of sp³-hybridized carbons (Fsp3) is 0.143. The summed E-state index contributed by atoms with van der Waals surface area (Å²) in [6, 6.07) is 9.23. The molecule has 1 N–H and O–H groups in total. The molecule has 0 saturated heterocycles. The number of ether oxygens (including phenoxy) is 1. The van der Waals surface area contributed by atoms with Crippen molar-refractivity contribution in [2.24, 2.45) is 7.05 Å². The van der Waals surface area contributed by atoms with Gasteiger partial charge < -0.3 is 4.74 Å². The number of carbonyl (C=O) groups excluding carboxylic acids is 1. The Morgan fingerprint density at radius 3 is 2.73 bits per heavy atom. The first-order valence-corrected chi connectivity index (χ1v) is 7.31. The molecular weight excluding hydrogens is 302 g/mol. The molecule has 0 radical (unpaired) electrons. The number of anilines is 1. The minimum Gasteiger partial charge on any atom is -0.497 e. The lowest BCUT2D eigenvalue weighted by Crippen LogP contribution is -2.15. The Morgan fingerprint density at radius 1 is 1.32 bits per heavy atom. The molecule has 1 aromatic carbocycles. The van der Waals surface area contributed by atoms with E-state index in [2.05, 4.69) is 20.6 Å². The van der Waals surface area contributed by atoms with Crippen molar-refractivity contribution in [1.29, 1.82) is 0 Å². The molecule has 112 valence electrons. The van der Waals surface area contributed by atoms with Gasteiger partial charge in [0.1, 0.15) is 17.0 Å². The molecule has 0 aliphatic carbocycles. The Labute approximate surface area is 130 Å². The molecule has 3 rings (SSSR count). The van der Waals surface area contributed by atoms with Gasteiger partial charge in [-0.25, -0.2) is 0 Å². The van der Waals surface area contributed by atoms with E-state index in [0.29, 0.717) is 16.5 Å². The van der Waals surface area contributed by atoms with Gasteiger partial charge in [0.15, 0.2) is 0 Å². The van der Waals surface area contributed by atoms with Crippen LogP contribution < -0.4 is 10.1 Å². The zero-order valence-electron chi connectivity index (χ0n) is 12.0. The third-order valence-corrected chi connectivity index (χ3v) is 3.69. The van der Waals surface area contributed by atoms with E-state index in [0.717, 1.165) is 11.3 Å².